The predicted octanol–water partition coefficient (Wildman–Crippen LogP) is 5.36. The van der Waals surface area contributed by atoms with E-state index < -0.39 is 0 Å². The molecule has 0 aliphatic rings. The molecule has 0 bridgehead atoms. The molecule has 0 radical (unpaired) electrons. The van der Waals surface area contributed by atoms with Crippen LogP contribution < -0.4 is 0 Å². The third-order valence-corrected chi connectivity index (χ3v) is 12.5. The number of aliphatic hydroxyl groups excluding tert-OH is 1. The van der Waals surface area contributed by atoms with Gasteiger partial charge in [0.1, 0.15) is 11.9 Å². The highest BCUT2D eigenvalue weighted by Crippen LogP contribution is 2.21. The quantitative estimate of drug-likeness (QED) is 0.0525. The molecule has 0 unspecified atom stereocenters. The summed E-state index contributed by atoms with van der Waals surface area (Å²) in [5.41, 5.74) is 0. The molecule has 174 valence electrons. The van der Waals surface area contributed by atoms with Gasteiger partial charge in [0.25, 0.3) is 0 Å². The summed E-state index contributed by atoms with van der Waals surface area (Å²) in [6, 6.07) is 0. The molecule has 0 aromatic carbocycles. The molecular weight excluding hydrogens is 549 g/mol. The molecule has 0 aliphatic heterocycles. The van der Waals surface area contributed by atoms with E-state index in [2.05, 4.69) is 6.26 Å². The number of esters is 1. The zero-order valence-corrected chi connectivity index (χ0v) is 23.8. The molecule has 0 aliphatic carbocycles. The van der Waals surface area contributed by atoms with Crippen LogP contribution in [0.2, 0.25) is 0 Å². The van der Waals surface area contributed by atoms with Gasteiger partial charge in [0.05, 0.1) is 19.0 Å². The second kappa shape index (κ2) is 28.5. The predicted molar refractivity (Wildman–Crippen MR) is 148 cm³/mol. The SMILES string of the molecule is CSCSCSCOC(=O)CSCSCSCSCCOOCSCSCCO. The summed E-state index contributed by atoms with van der Waals surface area (Å²) in [6.45, 7) is 0.816. The number of hydrogen-bond donors (Lipinski definition) is 1. The smallest absolute Gasteiger partial charge is 0.316 e. The second-order valence-corrected chi connectivity index (χ2v) is 15.7. The second-order valence-electron chi connectivity index (χ2n) is 4.60. The fourth-order valence-corrected chi connectivity index (χ4v) is 9.64. The van der Waals surface area contributed by atoms with E-state index in [9.17, 15) is 4.79 Å². The van der Waals surface area contributed by atoms with Crippen molar-refractivity contribution in [3.63, 3.8) is 0 Å². The summed E-state index contributed by atoms with van der Waals surface area (Å²) >= 11 is 15.8. The van der Waals surface area contributed by atoms with Crippen LogP contribution in [0, 0.1) is 0 Å². The number of rotatable bonds is 24. The van der Waals surface area contributed by atoms with Gasteiger partial charge in [0.2, 0.25) is 0 Å². The van der Waals surface area contributed by atoms with Crippen molar-refractivity contribution in [3.05, 3.63) is 0 Å². The Morgan fingerprint density at radius 3 is 2.14 bits per heavy atom. The first-order valence-corrected chi connectivity index (χ1v) is 19.1. The molecule has 5 nitrogen and oxygen atoms in total. The zero-order valence-electron chi connectivity index (χ0n) is 16.4. The van der Waals surface area contributed by atoms with E-state index in [1.807, 2.05) is 58.8 Å². The Hall–Kier alpha value is 2.50. The number of hydrogen-bond acceptors (Lipinski definition) is 14. The molecule has 0 aromatic rings. The molecule has 0 heterocycles. The van der Waals surface area contributed by atoms with E-state index in [1.165, 1.54) is 0 Å². The molecule has 0 rings (SSSR count). The van der Waals surface area contributed by atoms with Gasteiger partial charge in [-0.25, -0.2) is 9.78 Å². The summed E-state index contributed by atoms with van der Waals surface area (Å²) in [4.78, 5) is 21.8. The minimum atomic E-state index is -0.120. The van der Waals surface area contributed by atoms with Crippen LogP contribution >= 0.6 is 106 Å². The highest BCUT2D eigenvalue weighted by atomic mass is 32.3. The van der Waals surface area contributed by atoms with Crippen LogP contribution in [0.1, 0.15) is 0 Å². The maximum Gasteiger partial charge on any atom is 0.316 e. The van der Waals surface area contributed by atoms with Crippen LogP contribution in [0.4, 0.5) is 0 Å². The van der Waals surface area contributed by atoms with Gasteiger partial charge < -0.3 is 9.84 Å². The molecule has 29 heavy (non-hydrogen) atoms. The summed E-state index contributed by atoms with van der Waals surface area (Å²) in [5.74, 6) is 2.97. The normalized spacial score (nSPS) is 11.1. The Bertz CT molecular complexity index is 345. The summed E-state index contributed by atoms with van der Waals surface area (Å²) < 4.78 is 5.18. The molecule has 14 heteroatoms. The number of carbonyl (C=O) groups is 1. The third-order valence-electron chi connectivity index (χ3n) is 2.32. The number of aliphatic hydroxyl groups is 1. The van der Waals surface area contributed by atoms with Crippen LogP contribution in [0.5, 0.6) is 0 Å². The van der Waals surface area contributed by atoms with Gasteiger partial charge in [-0.15, -0.1) is 94.1 Å². The molecule has 0 fully saturated rings. The first-order valence-electron chi connectivity index (χ1n) is 8.43. The Morgan fingerprint density at radius 2 is 1.34 bits per heavy atom. The first-order chi connectivity index (χ1) is 14.3. The number of carbonyl (C=O) groups excluding carboxylic acids is 1. The van der Waals surface area contributed by atoms with E-state index >= 15 is 0 Å². The Kier molecular flexibility index (Phi) is 31.0. The van der Waals surface area contributed by atoms with Gasteiger partial charge >= 0.3 is 5.97 Å². The lowest BCUT2D eigenvalue weighted by atomic mass is 10.8. The van der Waals surface area contributed by atoms with Crippen molar-refractivity contribution in [2.75, 3.05) is 79.1 Å². The average molecular weight is 579 g/mol. The minimum Gasteiger partial charge on any atom is -0.454 e. The van der Waals surface area contributed by atoms with Crippen molar-refractivity contribution >= 4 is 112 Å². The monoisotopic (exact) mass is 578 g/mol. The molecule has 1 N–H and O–H groups in total. The van der Waals surface area contributed by atoms with Crippen molar-refractivity contribution in [3.8, 4) is 0 Å². The van der Waals surface area contributed by atoms with E-state index in [0.717, 1.165) is 42.0 Å². The lowest BCUT2D eigenvalue weighted by molar-refractivity contribution is -0.274. The number of ether oxygens (including phenoxy) is 1. The standard InChI is InChI=1S/C15H30O5S9/c1-21-9-27-13-25-7-18-15(17)6-24-12-29-14-28-11-23-5-3-19-20-8-26-10-22-4-2-16/h16H,2-14H2,1H3. The fraction of sp³-hybridized carbons (Fsp3) is 0.933. The van der Waals surface area contributed by atoms with Crippen molar-refractivity contribution in [1.29, 1.82) is 0 Å². The fourth-order valence-electron chi connectivity index (χ4n) is 1.22. The molecular formula is C15H30O5S9. The molecule has 0 saturated heterocycles. The van der Waals surface area contributed by atoms with Gasteiger partial charge in [-0.2, -0.15) is 11.8 Å². The maximum atomic E-state index is 11.6. The molecule has 0 saturated carbocycles. The largest absolute Gasteiger partial charge is 0.454 e. The first kappa shape index (κ1) is 31.5. The molecule has 0 spiro atoms. The van der Waals surface area contributed by atoms with Crippen LogP contribution in [-0.2, 0) is 19.3 Å². The Labute approximate surface area is 213 Å². The van der Waals surface area contributed by atoms with Crippen molar-refractivity contribution in [1.82, 2.24) is 0 Å². The molecule has 0 atom stereocenters. The van der Waals surface area contributed by atoms with E-state index in [0.29, 0.717) is 24.2 Å². The minimum absolute atomic E-state index is 0.120. The van der Waals surface area contributed by atoms with Crippen LogP contribution in [0.25, 0.3) is 0 Å². The van der Waals surface area contributed by atoms with Crippen molar-refractivity contribution < 1.29 is 24.4 Å². The van der Waals surface area contributed by atoms with Gasteiger partial charge in [-0.3, -0.25) is 4.79 Å². The lowest BCUT2D eigenvalue weighted by Gasteiger charge is -2.05. The van der Waals surface area contributed by atoms with Crippen molar-refractivity contribution in [2.45, 2.75) is 0 Å². The topological polar surface area (TPSA) is 65.0 Å². The zero-order chi connectivity index (χ0) is 21.3. The summed E-state index contributed by atoms with van der Waals surface area (Å²) in [6.07, 6.45) is 2.08. The Morgan fingerprint density at radius 1 is 0.724 bits per heavy atom. The number of thioether (sulfide) groups is 9. The third kappa shape index (κ3) is 28.5. The van der Waals surface area contributed by atoms with Gasteiger partial charge in [0, 0.05) is 42.0 Å². The van der Waals surface area contributed by atoms with Crippen LogP contribution in [0.3, 0.4) is 0 Å². The Balaban J connectivity index is 3.10. The maximum absolute atomic E-state index is 11.6. The highest BCUT2D eigenvalue weighted by molar-refractivity contribution is 8.26. The van der Waals surface area contributed by atoms with E-state index in [-0.39, 0.29) is 12.6 Å². The van der Waals surface area contributed by atoms with Gasteiger partial charge in [-0.1, -0.05) is 0 Å². The van der Waals surface area contributed by atoms with E-state index in [1.54, 1.807) is 47.0 Å². The molecule has 0 aromatic heterocycles. The van der Waals surface area contributed by atoms with Gasteiger partial charge in [0.15, 0.2) is 0 Å². The van der Waals surface area contributed by atoms with Crippen molar-refractivity contribution in [2.24, 2.45) is 0 Å². The summed E-state index contributed by atoms with van der Waals surface area (Å²) in [5, 5.41) is 14.6. The van der Waals surface area contributed by atoms with Crippen LogP contribution in [0.15, 0.2) is 0 Å². The van der Waals surface area contributed by atoms with Gasteiger partial charge in [-0.05, 0) is 6.26 Å². The van der Waals surface area contributed by atoms with Crippen LogP contribution in [-0.4, -0.2) is 90.2 Å². The average Bonchev–Trinajstić information content (AvgIpc) is 2.73. The highest BCUT2D eigenvalue weighted by Gasteiger charge is 2.03. The molecule has 0 amide bonds. The van der Waals surface area contributed by atoms with E-state index in [4.69, 9.17) is 19.6 Å². The summed E-state index contributed by atoms with van der Waals surface area (Å²) in [7, 11) is 0. The lowest BCUT2D eigenvalue weighted by Crippen LogP contribution is -2.07.